The summed E-state index contributed by atoms with van der Waals surface area (Å²) in [5, 5.41) is 25.2. The van der Waals surface area contributed by atoms with E-state index in [0.717, 1.165) is 0 Å². The molecule has 144 valence electrons. The van der Waals surface area contributed by atoms with Crippen LogP contribution >= 0.6 is 0 Å². The first-order valence-corrected chi connectivity index (χ1v) is 8.29. The summed E-state index contributed by atoms with van der Waals surface area (Å²) in [7, 11) is 3.32. The Morgan fingerprint density at radius 3 is 2.16 bits per heavy atom. The highest BCUT2D eigenvalue weighted by molar-refractivity contribution is 5.87. The van der Waals surface area contributed by atoms with E-state index in [0.29, 0.717) is 0 Å². The van der Waals surface area contributed by atoms with Gasteiger partial charge in [0.15, 0.2) is 0 Å². The molecule has 0 radical (unpaired) electrons. The second-order valence-corrected chi connectivity index (χ2v) is 7.32. The fraction of sp³-hybridized carbons (Fsp3) is 0.667. The monoisotopic (exact) mass is 355 g/mol. The minimum atomic E-state index is -1.04. The molecule has 7 nitrogen and oxygen atoms in total. The van der Waals surface area contributed by atoms with Crippen molar-refractivity contribution in [3.63, 3.8) is 0 Å². The van der Waals surface area contributed by atoms with Crippen LogP contribution < -0.4 is 10.6 Å². The second-order valence-electron chi connectivity index (χ2n) is 7.32. The van der Waals surface area contributed by atoms with Crippen molar-refractivity contribution in [2.75, 3.05) is 14.1 Å². The van der Waals surface area contributed by atoms with Gasteiger partial charge in [-0.1, -0.05) is 26.8 Å². The lowest BCUT2D eigenvalue weighted by Gasteiger charge is -2.37. The van der Waals surface area contributed by atoms with Gasteiger partial charge in [0, 0.05) is 18.7 Å². The first-order valence-electron chi connectivity index (χ1n) is 8.29. The number of hydrogen-bond acceptors (Lipinski definition) is 5. The van der Waals surface area contributed by atoms with Crippen LogP contribution in [0.1, 0.15) is 34.6 Å². The Kier molecular flexibility index (Phi) is 9.04. The number of aliphatic hydroxyl groups excluding tert-OH is 1. The SMILES string of the molecule is C=C[C@@H](/C=C(\C)C(=O)O)N(C)C(=O)[C@@H](NC(O)[C@@H](C)NC)C(C)(C)C. The largest absolute Gasteiger partial charge is 0.478 e. The maximum Gasteiger partial charge on any atom is 0.331 e. The number of nitrogens with one attached hydrogen (secondary N) is 2. The smallest absolute Gasteiger partial charge is 0.331 e. The number of aliphatic carboxylic acids is 1. The first-order chi connectivity index (χ1) is 11.4. The molecule has 0 aromatic rings. The maximum atomic E-state index is 13.0. The third kappa shape index (κ3) is 6.97. The lowest BCUT2D eigenvalue weighted by molar-refractivity contribution is -0.137. The number of carbonyl (C=O) groups is 2. The number of aliphatic hydroxyl groups is 1. The normalized spacial score (nSPS) is 17.4. The predicted octanol–water partition coefficient (Wildman–Crippen LogP) is 0.961. The van der Waals surface area contributed by atoms with Gasteiger partial charge in [-0.05, 0) is 32.4 Å². The van der Waals surface area contributed by atoms with E-state index >= 15 is 0 Å². The molecular weight excluding hydrogens is 322 g/mol. The van der Waals surface area contributed by atoms with Gasteiger partial charge in [-0.25, -0.2) is 4.79 Å². The number of carboxylic acid groups (broad SMARTS) is 1. The lowest BCUT2D eigenvalue weighted by Crippen LogP contribution is -2.59. The zero-order valence-corrected chi connectivity index (χ0v) is 16.3. The van der Waals surface area contributed by atoms with Gasteiger partial charge in [0.2, 0.25) is 5.91 Å². The molecule has 0 aliphatic heterocycles. The number of carbonyl (C=O) groups excluding carboxylic acids is 1. The number of hydrogen-bond donors (Lipinski definition) is 4. The van der Waals surface area contributed by atoms with Crippen LogP contribution in [-0.4, -0.2) is 65.4 Å². The minimum Gasteiger partial charge on any atom is -0.478 e. The highest BCUT2D eigenvalue weighted by Crippen LogP contribution is 2.23. The quantitative estimate of drug-likeness (QED) is 0.279. The Balaban J connectivity index is 5.52. The zero-order chi connectivity index (χ0) is 19.9. The molecule has 0 spiro atoms. The number of carboxylic acids is 1. The molecule has 0 saturated heterocycles. The van der Waals surface area contributed by atoms with Gasteiger partial charge in [-0.15, -0.1) is 6.58 Å². The molecule has 25 heavy (non-hydrogen) atoms. The van der Waals surface area contributed by atoms with E-state index in [1.807, 2.05) is 20.8 Å². The predicted molar refractivity (Wildman–Crippen MR) is 99.1 cm³/mol. The molecule has 1 unspecified atom stereocenters. The van der Waals surface area contributed by atoms with Crippen LogP contribution in [0.15, 0.2) is 24.3 Å². The maximum absolute atomic E-state index is 13.0. The highest BCUT2D eigenvalue weighted by atomic mass is 16.4. The summed E-state index contributed by atoms with van der Waals surface area (Å²) in [4.78, 5) is 25.5. The van der Waals surface area contributed by atoms with Crippen molar-refractivity contribution in [2.45, 2.75) is 59.0 Å². The van der Waals surface area contributed by atoms with E-state index < -0.39 is 29.7 Å². The van der Waals surface area contributed by atoms with Crippen molar-refractivity contribution < 1.29 is 19.8 Å². The van der Waals surface area contributed by atoms with Gasteiger partial charge in [0.05, 0.1) is 12.1 Å². The molecular formula is C18H33N3O4. The summed E-state index contributed by atoms with van der Waals surface area (Å²) >= 11 is 0. The molecule has 7 heteroatoms. The number of nitrogens with zero attached hydrogens (tertiary/aromatic N) is 1. The van der Waals surface area contributed by atoms with Gasteiger partial charge in [-0.2, -0.15) is 0 Å². The fourth-order valence-corrected chi connectivity index (χ4v) is 2.18. The third-order valence-corrected chi connectivity index (χ3v) is 4.17. The van der Waals surface area contributed by atoms with Crippen molar-refractivity contribution >= 4 is 11.9 Å². The van der Waals surface area contributed by atoms with Gasteiger partial charge >= 0.3 is 5.97 Å². The topological polar surface area (TPSA) is 102 Å². The molecule has 4 atom stereocenters. The highest BCUT2D eigenvalue weighted by Gasteiger charge is 2.36. The summed E-state index contributed by atoms with van der Waals surface area (Å²) in [6.07, 6.45) is 2.07. The number of likely N-dealkylation sites (N-methyl/N-ethyl adjacent to an activating group) is 2. The van der Waals surface area contributed by atoms with Gasteiger partial charge in [-0.3, -0.25) is 10.1 Å². The zero-order valence-electron chi connectivity index (χ0n) is 16.3. The van der Waals surface area contributed by atoms with Crippen molar-refractivity contribution in [1.82, 2.24) is 15.5 Å². The van der Waals surface area contributed by atoms with Crippen LogP contribution in [0, 0.1) is 5.41 Å². The Bertz CT molecular complexity index is 511. The van der Waals surface area contributed by atoms with E-state index in [2.05, 4.69) is 17.2 Å². The van der Waals surface area contributed by atoms with Crippen molar-refractivity contribution in [1.29, 1.82) is 0 Å². The molecule has 0 aromatic carbocycles. The first kappa shape index (κ1) is 23.3. The Hall–Kier alpha value is -1.70. The number of amides is 1. The molecule has 1 amide bonds. The Morgan fingerprint density at radius 2 is 1.80 bits per heavy atom. The van der Waals surface area contributed by atoms with E-state index in [1.165, 1.54) is 24.0 Å². The Labute approximate surface area is 150 Å². The molecule has 0 aromatic heterocycles. The third-order valence-electron chi connectivity index (χ3n) is 4.17. The van der Waals surface area contributed by atoms with Gasteiger partial charge < -0.3 is 20.4 Å². The summed E-state index contributed by atoms with van der Waals surface area (Å²) in [6.45, 7) is 12.7. The van der Waals surface area contributed by atoms with Crippen LogP contribution in [0.4, 0.5) is 0 Å². The van der Waals surface area contributed by atoms with E-state index in [1.54, 1.807) is 21.0 Å². The molecule has 0 saturated carbocycles. The fourth-order valence-electron chi connectivity index (χ4n) is 2.18. The molecule has 0 aliphatic rings. The van der Waals surface area contributed by atoms with Crippen molar-refractivity contribution in [2.24, 2.45) is 5.41 Å². The van der Waals surface area contributed by atoms with Crippen LogP contribution in [0.5, 0.6) is 0 Å². The Morgan fingerprint density at radius 1 is 1.28 bits per heavy atom. The summed E-state index contributed by atoms with van der Waals surface area (Å²) in [5.74, 6) is -1.30. The van der Waals surface area contributed by atoms with E-state index in [4.69, 9.17) is 5.11 Å². The molecule has 0 aliphatic carbocycles. The standard InChI is InChI=1S/C18H33N3O4/c1-9-13(10-11(2)17(24)25)21(8)16(23)14(18(4,5)6)20-15(22)12(3)19-7/h9-10,12-15,19-20,22H,1H2,2-8H3,(H,24,25)/b11-10+/t12-,13+,14-,15?/m1/s1. The minimum absolute atomic E-state index is 0.133. The van der Waals surface area contributed by atoms with Crippen molar-refractivity contribution in [3.05, 3.63) is 24.3 Å². The summed E-state index contributed by atoms with van der Waals surface area (Å²) < 4.78 is 0. The molecule has 4 N–H and O–H groups in total. The number of rotatable bonds is 9. The van der Waals surface area contributed by atoms with Crippen molar-refractivity contribution in [3.8, 4) is 0 Å². The molecule has 0 bridgehead atoms. The average Bonchev–Trinajstić information content (AvgIpc) is 2.53. The second kappa shape index (κ2) is 9.70. The van der Waals surface area contributed by atoms with Crippen LogP contribution in [0.3, 0.4) is 0 Å². The average molecular weight is 355 g/mol. The van der Waals surface area contributed by atoms with Crippen LogP contribution in [0.25, 0.3) is 0 Å². The van der Waals surface area contributed by atoms with Crippen LogP contribution in [0.2, 0.25) is 0 Å². The molecule has 0 fully saturated rings. The summed E-state index contributed by atoms with van der Waals surface area (Å²) in [5.41, 5.74) is -0.328. The van der Waals surface area contributed by atoms with Gasteiger partial charge in [0.1, 0.15) is 6.23 Å². The van der Waals surface area contributed by atoms with E-state index in [-0.39, 0.29) is 17.5 Å². The van der Waals surface area contributed by atoms with Gasteiger partial charge in [0.25, 0.3) is 0 Å². The van der Waals surface area contributed by atoms with E-state index in [9.17, 15) is 14.7 Å². The summed E-state index contributed by atoms with van der Waals surface area (Å²) in [6, 6.07) is -1.47. The molecule has 0 rings (SSSR count). The lowest BCUT2D eigenvalue weighted by atomic mass is 9.85. The van der Waals surface area contributed by atoms with Crippen LogP contribution in [-0.2, 0) is 9.59 Å². The molecule has 0 heterocycles.